The third-order valence-electron chi connectivity index (χ3n) is 4.33. The van der Waals surface area contributed by atoms with E-state index < -0.39 is 0 Å². The van der Waals surface area contributed by atoms with E-state index in [4.69, 9.17) is 4.74 Å². The number of imide groups is 1. The van der Waals surface area contributed by atoms with E-state index in [2.05, 4.69) is 5.32 Å². The highest BCUT2D eigenvalue weighted by Crippen LogP contribution is 2.22. The van der Waals surface area contributed by atoms with E-state index in [-0.39, 0.29) is 11.8 Å². The minimum atomic E-state index is -0.176. The number of methoxy groups -OCH3 is 1. The van der Waals surface area contributed by atoms with Crippen molar-refractivity contribution in [3.8, 4) is 5.75 Å². The Morgan fingerprint density at radius 3 is 2.36 bits per heavy atom. The molecule has 2 aromatic carbocycles. The summed E-state index contributed by atoms with van der Waals surface area (Å²) in [6.07, 6.45) is 1.69. The van der Waals surface area contributed by atoms with E-state index in [0.717, 1.165) is 31.7 Å². The SMILES string of the molecule is COc1cccc(CNCCCCN2C(=O)c3ccccc3C2=O)c1. The van der Waals surface area contributed by atoms with E-state index in [1.54, 1.807) is 31.4 Å². The number of carbonyl (C=O) groups is 2. The van der Waals surface area contributed by atoms with Crippen molar-refractivity contribution in [1.82, 2.24) is 10.2 Å². The van der Waals surface area contributed by atoms with Crippen molar-refractivity contribution in [3.05, 3.63) is 65.2 Å². The number of rotatable bonds is 8. The second kappa shape index (κ2) is 7.94. The summed E-state index contributed by atoms with van der Waals surface area (Å²) in [6.45, 7) is 2.07. The molecule has 1 aliphatic rings. The van der Waals surface area contributed by atoms with Crippen molar-refractivity contribution in [1.29, 1.82) is 0 Å². The Kier molecular flexibility index (Phi) is 5.46. The van der Waals surface area contributed by atoms with Gasteiger partial charge in [-0.15, -0.1) is 0 Å². The molecular formula is C20H22N2O3. The topological polar surface area (TPSA) is 58.6 Å². The second-order valence-electron chi connectivity index (χ2n) is 6.04. The third-order valence-corrected chi connectivity index (χ3v) is 4.33. The van der Waals surface area contributed by atoms with Gasteiger partial charge in [-0.25, -0.2) is 0 Å². The normalized spacial score (nSPS) is 13.2. The maximum atomic E-state index is 12.3. The number of unbranched alkanes of at least 4 members (excludes halogenated alkanes) is 1. The smallest absolute Gasteiger partial charge is 0.261 e. The van der Waals surface area contributed by atoms with Crippen LogP contribution in [0.25, 0.3) is 0 Å². The largest absolute Gasteiger partial charge is 0.497 e. The molecule has 5 nitrogen and oxygen atoms in total. The maximum absolute atomic E-state index is 12.3. The van der Waals surface area contributed by atoms with Crippen molar-refractivity contribution >= 4 is 11.8 Å². The summed E-state index contributed by atoms with van der Waals surface area (Å²) in [5.41, 5.74) is 2.20. The highest BCUT2D eigenvalue weighted by atomic mass is 16.5. The predicted molar refractivity (Wildman–Crippen MR) is 95.7 cm³/mol. The minimum absolute atomic E-state index is 0.176. The van der Waals surface area contributed by atoms with Crippen LogP contribution >= 0.6 is 0 Å². The van der Waals surface area contributed by atoms with Crippen molar-refractivity contribution in [2.24, 2.45) is 0 Å². The lowest BCUT2D eigenvalue weighted by Gasteiger charge is -2.13. The van der Waals surface area contributed by atoms with Crippen LogP contribution in [0.1, 0.15) is 39.1 Å². The van der Waals surface area contributed by atoms with Crippen LogP contribution in [0, 0.1) is 0 Å². The molecule has 0 bridgehead atoms. The molecule has 0 unspecified atom stereocenters. The highest BCUT2D eigenvalue weighted by molar-refractivity contribution is 6.21. The zero-order valence-corrected chi connectivity index (χ0v) is 14.3. The van der Waals surface area contributed by atoms with E-state index in [1.807, 2.05) is 24.3 Å². The van der Waals surface area contributed by atoms with Crippen molar-refractivity contribution in [2.75, 3.05) is 20.2 Å². The Morgan fingerprint density at radius 1 is 0.960 bits per heavy atom. The molecule has 1 heterocycles. The molecule has 1 aliphatic heterocycles. The average molecular weight is 338 g/mol. The van der Waals surface area contributed by atoms with Gasteiger partial charge in [-0.2, -0.15) is 0 Å². The van der Waals surface area contributed by atoms with Gasteiger partial charge in [0, 0.05) is 13.1 Å². The van der Waals surface area contributed by atoms with Gasteiger partial charge in [0.1, 0.15) is 5.75 Å². The molecule has 130 valence electrons. The minimum Gasteiger partial charge on any atom is -0.497 e. The molecule has 0 aliphatic carbocycles. The van der Waals surface area contributed by atoms with Gasteiger partial charge in [0.25, 0.3) is 11.8 Å². The zero-order valence-electron chi connectivity index (χ0n) is 14.3. The molecule has 0 atom stereocenters. The molecule has 2 aromatic rings. The van der Waals surface area contributed by atoms with Crippen LogP contribution in [-0.4, -0.2) is 36.9 Å². The number of benzene rings is 2. The first kappa shape index (κ1) is 17.2. The number of hydrogen-bond donors (Lipinski definition) is 1. The quantitative estimate of drug-likeness (QED) is 0.594. The van der Waals surface area contributed by atoms with Crippen molar-refractivity contribution in [3.63, 3.8) is 0 Å². The summed E-state index contributed by atoms with van der Waals surface area (Å²) < 4.78 is 5.21. The molecule has 0 radical (unpaired) electrons. The molecule has 0 fully saturated rings. The Hall–Kier alpha value is -2.66. The van der Waals surface area contributed by atoms with Crippen LogP contribution in [-0.2, 0) is 6.54 Å². The van der Waals surface area contributed by atoms with Gasteiger partial charge in [-0.3, -0.25) is 14.5 Å². The van der Waals surface area contributed by atoms with Gasteiger partial charge < -0.3 is 10.1 Å². The van der Waals surface area contributed by atoms with Crippen molar-refractivity contribution in [2.45, 2.75) is 19.4 Å². The van der Waals surface area contributed by atoms with Gasteiger partial charge in [-0.1, -0.05) is 24.3 Å². The van der Waals surface area contributed by atoms with Crippen LogP contribution in [0.3, 0.4) is 0 Å². The lowest BCUT2D eigenvalue weighted by atomic mass is 10.1. The monoisotopic (exact) mass is 338 g/mol. The number of nitrogens with one attached hydrogen (secondary N) is 1. The number of amides is 2. The summed E-state index contributed by atoms with van der Waals surface area (Å²) in [6, 6.07) is 15.0. The van der Waals surface area contributed by atoms with Crippen LogP contribution in [0.4, 0.5) is 0 Å². The molecule has 0 saturated heterocycles. The van der Waals surface area contributed by atoms with Crippen molar-refractivity contribution < 1.29 is 14.3 Å². The van der Waals surface area contributed by atoms with Gasteiger partial charge >= 0.3 is 0 Å². The number of hydrogen-bond acceptors (Lipinski definition) is 4. The number of carbonyl (C=O) groups excluding carboxylic acids is 2. The van der Waals surface area contributed by atoms with Gasteiger partial charge in [-0.05, 0) is 49.2 Å². The van der Waals surface area contributed by atoms with E-state index in [9.17, 15) is 9.59 Å². The molecule has 0 saturated carbocycles. The Bertz CT molecular complexity index is 738. The van der Waals surface area contributed by atoms with E-state index >= 15 is 0 Å². The highest BCUT2D eigenvalue weighted by Gasteiger charge is 2.34. The summed E-state index contributed by atoms with van der Waals surface area (Å²) in [5.74, 6) is 0.500. The molecule has 1 N–H and O–H groups in total. The number of fused-ring (bicyclic) bond motifs is 1. The molecule has 0 spiro atoms. The lowest BCUT2D eigenvalue weighted by molar-refractivity contribution is 0.0651. The Labute approximate surface area is 147 Å². The first-order chi connectivity index (χ1) is 12.2. The number of ether oxygens (including phenoxy) is 1. The molecule has 25 heavy (non-hydrogen) atoms. The van der Waals surface area contributed by atoms with Crippen LogP contribution in [0.2, 0.25) is 0 Å². The molecule has 5 heteroatoms. The standard InChI is InChI=1S/C20H22N2O3/c1-25-16-8-6-7-15(13-16)14-21-11-4-5-12-22-19(23)17-9-2-3-10-18(17)20(22)24/h2-3,6-10,13,21H,4-5,11-12,14H2,1H3. The fraction of sp³-hybridized carbons (Fsp3) is 0.300. The third kappa shape index (κ3) is 3.88. The van der Waals surface area contributed by atoms with Crippen LogP contribution in [0.5, 0.6) is 5.75 Å². The molecule has 0 aromatic heterocycles. The zero-order chi connectivity index (χ0) is 17.6. The predicted octanol–water partition coefficient (Wildman–Crippen LogP) is 2.86. The van der Waals surface area contributed by atoms with Gasteiger partial charge in [0.15, 0.2) is 0 Å². The first-order valence-corrected chi connectivity index (χ1v) is 8.49. The Morgan fingerprint density at radius 2 is 1.68 bits per heavy atom. The van der Waals surface area contributed by atoms with Crippen LogP contribution < -0.4 is 10.1 Å². The van der Waals surface area contributed by atoms with E-state index in [0.29, 0.717) is 17.7 Å². The number of nitrogens with zero attached hydrogens (tertiary/aromatic N) is 1. The van der Waals surface area contributed by atoms with Gasteiger partial charge in [0.05, 0.1) is 18.2 Å². The average Bonchev–Trinajstić information content (AvgIpc) is 2.89. The lowest BCUT2D eigenvalue weighted by Crippen LogP contribution is -2.31. The Balaban J connectivity index is 1.39. The summed E-state index contributed by atoms with van der Waals surface area (Å²) in [5, 5.41) is 3.37. The van der Waals surface area contributed by atoms with E-state index in [1.165, 1.54) is 10.5 Å². The fourth-order valence-corrected chi connectivity index (χ4v) is 2.98. The summed E-state index contributed by atoms with van der Waals surface area (Å²) in [4.78, 5) is 25.9. The fourth-order valence-electron chi connectivity index (χ4n) is 2.98. The maximum Gasteiger partial charge on any atom is 0.261 e. The summed E-state index contributed by atoms with van der Waals surface area (Å²) >= 11 is 0. The van der Waals surface area contributed by atoms with Crippen LogP contribution in [0.15, 0.2) is 48.5 Å². The molecule has 3 rings (SSSR count). The second-order valence-corrected chi connectivity index (χ2v) is 6.04. The first-order valence-electron chi connectivity index (χ1n) is 8.49. The molecule has 2 amide bonds. The van der Waals surface area contributed by atoms with Gasteiger partial charge in [0.2, 0.25) is 0 Å². The summed E-state index contributed by atoms with van der Waals surface area (Å²) in [7, 11) is 1.66. The molecular weight excluding hydrogens is 316 g/mol.